The quantitative estimate of drug-likeness (QED) is 0.411. The van der Waals surface area contributed by atoms with E-state index in [1.807, 2.05) is 0 Å². The molecule has 0 aromatic carbocycles. The van der Waals surface area contributed by atoms with E-state index in [-0.39, 0.29) is 17.6 Å². The number of aromatic nitrogens is 4. The molecule has 0 amide bonds. The maximum atomic E-state index is 11.2. The first-order valence-electron chi connectivity index (χ1n) is 4.13. The predicted molar refractivity (Wildman–Crippen MR) is 55.2 cm³/mol. The Morgan fingerprint density at radius 2 is 2.47 bits per heavy atom. The lowest BCUT2D eigenvalue weighted by atomic mass is 10.7. The zero-order chi connectivity index (χ0) is 11.1. The third kappa shape index (κ3) is 4.96. The number of carbonyl (C=O) groups excluding carboxylic acids is 1. The first-order chi connectivity index (χ1) is 7.18. The molecular formula is C6H11N7OS. The van der Waals surface area contributed by atoms with Crippen LogP contribution in [0.5, 0.6) is 0 Å². The molecule has 1 rings (SSSR count). The van der Waals surface area contributed by atoms with E-state index < -0.39 is 0 Å². The summed E-state index contributed by atoms with van der Waals surface area (Å²) in [6.07, 6.45) is 1.48. The van der Waals surface area contributed by atoms with Gasteiger partial charge in [0.05, 0.1) is 13.1 Å². The number of aryl methyl sites for hydroxylation is 1. The van der Waals surface area contributed by atoms with Gasteiger partial charge in [0.1, 0.15) is 6.33 Å². The molecule has 0 aliphatic carbocycles. The number of guanidine groups is 1. The largest absolute Gasteiger partial charge is 0.370 e. The fraction of sp³-hybridized carbons (Fsp3) is 0.500. The van der Waals surface area contributed by atoms with Gasteiger partial charge in [0.25, 0.3) is 0 Å². The highest BCUT2D eigenvalue weighted by atomic mass is 32.2. The molecule has 0 fully saturated rings. The van der Waals surface area contributed by atoms with Crippen LogP contribution < -0.4 is 11.1 Å². The van der Waals surface area contributed by atoms with Gasteiger partial charge in [-0.1, -0.05) is 11.8 Å². The molecule has 0 unspecified atom stereocenters. The van der Waals surface area contributed by atoms with Crippen molar-refractivity contribution in [3.8, 4) is 0 Å². The average molecular weight is 229 g/mol. The van der Waals surface area contributed by atoms with Crippen LogP contribution in [0, 0.1) is 5.41 Å². The second kappa shape index (κ2) is 5.96. The summed E-state index contributed by atoms with van der Waals surface area (Å²) >= 11 is 1.15. The highest BCUT2D eigenvalue weighted by Gasteiger charge is 2.02. The number of rotatable bonds is 5. The number of hydrogen-bond donors (Lipinski definition) is 3. The Kier molecular flexibility index (Phi) is 4.54. The summed E-state index contributed by atoms with van der Waals surface area (Å²) in [7, 11) is 0. The van der Waals surface area contributed by atoms with E-state index in [1.165, 1.54) is 6.33 Å². The lowest BCUT2D eigenvalue weighted by Gasteiger charge is -2.02. The van der Waals surface area contributed by atoms with Crippen molar-refractivity contribution in [2.45, 2.75) is 6.54 Å². The van der Waals surface area contributed by atoms with Gasteiger partial charge in [-0.15, -0.1) is 5.10 Å². The third-order valence-electron chi connectivity index (χ3n) is 1.40. The number of hydrogen-bond acceptors (Lipinski definition) is 6. The molecule has 1 heterocycles. The van der Waals surface area contributed by atoms with E-state index in [0.717, 1.165) is 11.8 Å². The van der Waals surface area contributed by atoms with Gasteiger partial charge in [-0.25, -0.2) is 4.68 Å². The van der Waals surface area contributed by atoms with Gasteiger partial charge in [-0.3, -0.25) is 10.2 Å². The Balaban J connectivity index is 2.09. The molecule has 4 N–H and O–H groups in total. The molecular weight excluding hydrogens is 218 g/mol. The molecule has 1 aromatic rings. The molecule has 8 nitrogen and oxygen atoms in total. The van der Waals surface area contributed by atoms with Gasteiger partial charge < -0.3 is 11.1 Å². The van der Waals surface area contributed by atoms with Crippen LogP contribution in [0.25, 0.3) is 0 Å². The van der Waals surface area contributed by atoms with Gasteiger partial charge >= 0.3 is 0 Å². The van der Waals surface area contributed by atoms with Crippen LogP contribution in [0.3, 0.4) is 0 Å². The summed E-state index contributed by atoms with van der Waals surface area (Å²) in [6.45, 7) is 0.638. The van der Waals surface area contributed by atoms with Crippen LogP contribution in [0.1, 0.15) is 0 Å². The van der Waals surface area contributed by atoms with Crippen LogP contribution in [0.15, 0.2) is 6.33 Å². The van der Waals surface area contributed by atoms with Gasteiger partial charge in [0, 0.05) is 5.75 Å². The van der Waals surface area contributed by atoms with Crippen molar-refractivity contribution >= 4 is 22.8 Å². The lowest BCUT2D eigenvalue weighted by molar-refractivity contribution is -0.110. The molecule has 0 aliphatic heterocycles. The van der Waals surface area contributed by atoms with Gasteiger partial charge in [-0.2, -0.15) is 0 Å². The van der Waals surface area contributed by atoms with E-state index in [4.69, 9.17) is 11.1 Å². The maximum absolute atomic E-state index is 11.2. The van der Waals surface area contributed by atoms with Crippen molar-refractivity contribution in [1.82, 2.24) is 25.5 Å². The van der Waals surface area contributed by atoms with Crippen LogP contribution in [0.2, 0.25) is 0 Å². The highest BCUT2D eigenvalue weighted by Crippen LogP contribution is 2.01. The van der Waals surface area contributed by atoms with Crippen molar-refractivity contribution < 1.29 is 4.79 Å². The van der Waals surface area contributed by atoms with Crippen molar-refractivity contribution in [2.24, 2.45) is 5.73 Å². The zero-order valence-corrected chi connectivity index (χ0v) is 8.70. The summed E-state index contributed by atoms with van der Waals surface area (Å²) < 4.78 is 1.54. The molecule has 0 spiro atoms. The zero-order valence-electron chi connectivity index (χ0n) is 7.88. The van der Waals surface area contributed by atoms with E-state index in [0.29, 0.717) is 12.3 Å². The Bertz CT molecular complexity index is 324. The third-order valence-corrected chi connectivity index (χ3v) is 2.25. The van der Waals surface area contributed by atoms with E-state index in [1.54, 1.807) is 4.68 Å². The number of carbonyl (C=O) groups is 1. The minimum absolute atomic E-state index is 0.0651. The fourth-order valence-corrected chi connectivity index (χ4v) is 1.43. The van der Waals surface area contributed by atoms with Crippen molar-refractivity contribution in [3.05, 3.63) is 6.33 Å². The van der Waals surface area contributed by atoms with Crippen LogP contribution in [-0.4, -0.2) is 43.6 Å². The molecule has 0 atom stereocenters. The molecule has 82 valence electrons. The Hall–Kier alpha value is -1.64. The fourth-order valence-electron chi connectivity index (χ4n) is 0.754. The Morgan fingerprint density at radius 3 is 3.07 bits per heavy atom. The monoisotopic (exact) mass is 229 g/mol. The molecule has 0 saturated heterocycles. The molecule has 0 radical (unpaired) electrons. The molecule has 1 aromatic heterocycles. The van der Waals surface area contributed by atoms with Crippen molar-refractivity contribution in [3.63, 3.8) is 0 Å². The van der Waals surface area contributed by atoms with E-state index >= 15 is 0 Å². The van der Waals surface area contributed by atoms with Crippen molar-refractivity contribution in [1.29, 1.82) is 5.41 Å². The summed E-state index contributed by atoms with van der Waals surface area (Å²) in [5.41, 5.74) is 5.03. The number of tetrazole rings is 1. The summed E-state index contributed by atoms with van der Waals surface area (Å²) in [5.74, 6) is 0.383. The summed E-state index contributed by atoms with van der Waals surface area (Å²) in [5, 5.41) is 19.8. The number of nitrogens with two attached hydrogens (primary N) is 1. The van der Waals surface area contributed by atoms with Crippen LogP contribution in [0.4, 0.5) is 0 Å². The lowest BCUT2D eigenvalue weighted by Crippen LogP contribution is -2.33. The molecule has 15 heavy (non-hydrogen) atoms. The van der Waals surface area contributed by atoms with Crippen molar-refractivity contribution in [2.75, 3.05) is 12.3 Å². The topological polar surface area (TPSA) is 123 Å². The standard InChI is InChI=1S/C6H11N7OS/c7-6(8)9-3-5(14)15-2-1-13-4-10-11-12-13/h4H,1-3H2,(H4,7,8,9). The maximum Gasteiger partial charge on any atom is 0.208 e. The Labute approximate surface area is 90.1 Å². The van der Waals surface area contributed by atoms with Gasteiger partial charge in [0.15, 0.2) is 5.96 Å². The summed E-state index contributed by atoms with van der Waals surface area (Å²) in [6, 6.07) is 0. The molecule has 9 heteroatoms. The summed E-state index contributed by atoms with van der Waals surface area (Å²) in [4.78, 5) is 11.2. The molecule has 0 bridgehead atoms. The molecule has 0 saturated carbocycles. The minimum Gasteiger partial charge on any atom is -0.370 e. The van der Waals surface area contributed by atoms with Crippen LogP contribution >= 0.6 is 11.8 Å². The number of nitrogens with zero attached hydrogens (tertiary/aromatic N) is 4. The number of thioether (sulfide) groups is 1. The normalized spacial score (nSPS) is 9.87. The molecule has 0 aliphatic rings. The minimum atomic E-state index is -0.204. The van der Waals surface area contributed by atoms with Gasteiger partial charge in [-0.05, 0) is 10.4 Å². The second-order valence-electron chi connectivity index (χ2n) is 2.56. The van der Waals surface area contributed by atoms with Gasteiger partial charge in [0.2, 0.25) is 5.12 Å². The van der Waals surface area contributed by atoms with E-state index in [2.05, 4.69) is 20.8 Å². The first kappa shape index (κ1) is 11.4. The SMILES string of the molecule is N=C(N)NCC(=O)SCCn1cnnn1. The van der Waals surface area contributed by atoms with E-state index in [9.17, 15) is 4.79 Å². The predicted octanol–water partition coefficient (Wildman–Crippen LogP) is -1.58. The Morgan fingerprint density at radius 1 is 1.67 bits per heavy atom. The second-order valence-corrected chi connectivity index (χ2v) is 3.71. The smallest absolute Gasteiger partial charge is 0.208 e. The van der Waals surface area contributed by atoms with Crippen LogP contribution in [-0.2, 0) is 11.3 Å². The highest BCUT2D eigenvalue weighted by molar-refractivity contribution is 8.13. The first-order valence-corrected chi connectivity index (χ1v) is 5.11. The number of nitrogens with one attached hydrogen (secondary N) is 2. The average Bonchev–Trinajstić information content (AvgIpc) is 2.67.